The quantitative estimate of drug-likeness (QED) is 0.806. The van der Waals surface area contributed by atoms with Crippen molar-refractivity contribution in [3.63, 3.8) is 0 Å². The van der Waals surface area contributed by atoms with Crippen LogP contribution >= 0.6 is 0 Å². The van der Waals surface area contributed by atoms with Gasteiger partial charge in [0.05, 0.1) is 19.3 Å². The molecule has 108 valence electrons. The molecule has 1 unspecified atom stereocenters. The van der Waals surface area contributed by atoms with Crippen LogP contribution in [0.15, 0.2) is 18.2 Å². The minimum atomic E-state index is -0.579. The summed E-state index contributed by atoms with van der Waals surface area (Å²) in [7, 11) is 1.67. The molecule has 0 aliphatic carbocycles. The van der Waals surface area contributed by atoms with Crippen molar-refractivity contribution in [3.8, 4) is 17.6 Å². The van der Waals surface area contributed by atoms with Crippen LogP contribution in [-0.2, 0) is 6.54 Å². The first-order chi connectivity index (χ1) is 9.54. The Balaban J connectivity index is 2.16. The number of hydrogen-bond donors (Lipinski definition) is 2. The molecular formula is C16H22N2O2. The molecule has 4 nitrogen and oxygen atoms in total. The van der Waals surface area contributed by atoms with Gasteiger partial charge >= 0.3 is 0 Å². The van der Waals surface area contributed by atoms with E-state index in [1.54, 1.807) is 7.11 Å². The highest BCUT2D eigenvalue weighted by Crippen LogP contribution is 2.26. The van der Waals surface area contributed by atoms with E-state index in [9.17, 15) is 5.11 Å². The summed E-state index contributed by atoms with van der Waals surface area (Å²) in [6.07, 6.45) is 0.808. The van der Waals surface area contributed by atoms with Crippen LogP contribution in [0.4, 0.5) is 0 Å². The van der Waals surface area contributed by atoms with E-state index >= 15 is 0 Å². The average molecular weight is 274 g/mol. The number of rotatable bonds is 3. The minimum absolute atomic E-state index is 0.357. The molecular weight excluding hydrogens is 252 g/mol. The molecule has 1 aliphatic heterocycles. The molecule has 1 saturated heterocycles. The maximum Gasteiger partial charge on any atom is 0.123 e. The van der Waals surface area contributed by atoms with Crippen molar-refractivity contribution >= 4 is 0 Å². The molecule has 4 heteroatoms. The Morgan fingerprint density at radius 1 is 1.50 bits per heavy atom. The van der Waals surface area contributed by atoms with Crippen LogP contribution in [0, 0.1) is 11.8 Å². The highest BCUT2D eigenvalue weighted by Gasteiger charge is 2.31. The number of β-amino-alcohol motifs (C(OH)–C–C–N with tert-alkyl or cyclic N) is 1. The predicted molar refractivity (Wildman–Crippen MR) is 79.4 cm³/mol. The minimum Gasteiger partial charge on any atom is -0.496 e. The molecule has 2 rings (SSSR count). The van der Waals surface area contributed by atoms with Crippen LogP contribution in [-0.4, -0.2) is 42.4 Å². The molecule has 0 spiro atoms. The number of nitrogens with two attached hydrogens (primary N) is 1. The molecule has 1 aliphatic rings. The van der Waals surface area contributed by atoms with Crippen molar-refractivity contribution in [1.29, 1.82) is 0 Å². The van der Waals surface area contributed by atoms with Crippen LogP contribution in [0.3, 0.4) is 0 Å². The van der Waals surface area contributed by atoms with E-state index in [0.29, 0.717) is 13.1 Å². The molecule has 1 fully saturated rings. The van der Waals surface area contributed by atoms with Crippen molar-refractivity contribution in [3.05, 3.63) is 29.3 Å². The molecule has 1 aromatic carbocycles. The van der Waals surface area contributed by atoms with Crippen molar-refractivity contribution in [2.45, 2.75) is 25.5 Å². The summed E-state index contributed by atoms with van der Waals surface area (Å²) in [5, 5.41) is 10.0. The molecule has 1 heterocycles. The fourth-order valence-electron chi connectivity index (χ4n) is 2.55. The zero-order chi connectivity index (χ0) is 14.6. The Kier molecular flexibility index (Phi) is 4.66. The van der Waals surface area contributed by atoms with Gasteiger partial charge < -0.3 is 15.6 Å². The predicted octanol–water partition coefficient (Wildman–Crippen LogP) is 0.962. The van der Waals surface area contributed by atoms with Gasteiger partial charge in [-0.3, -0.25) is 4.90 Å². The van der Waals surface area contributed by atoms with E-state index in [0.717, 1.165) is 36.4 Å². The number of nitrogens with zero attached hydrogens (tertiary/aromatic N) is 1. The van der Waals surface area contributed by atoms with Gasteiger partial charge in [0.15, 0.2) is 0 Å². The Labute approximate surface area is 120 Å². The lowest BCUT2D eigenvalue weighted by Gasteiger charge is -2.20. The Morgan fingerprint density at radius 2 is 2.30 bits per heavy atom. The summed E-state index contributed by atoms with van der Waals surface area (Å²) in [6.45, 7) is 4.59. The van der Waals surface area contributed by atoms with Crippen LogP contribution in [0.2, 0.25) is 0 Å². The Bertz CT molecular complexity index is 529. The van der Waals surface area contributed by atoms with E-state index in [1.165, 1.54) is 0 Å². The van der Waals surface area contributed by atoms with Gasteiger partial charge in [-0.2, -0.15) is 0 Å². The first-order valence-electron chi connectivity index (χ1n) is 6.85. The first-order valence-corrected chi connectivity index (χ1v) is 6.85. The molecule has 0 radical (unpaired) electrons. The zero-order valence-corrected chi connectivity index (χ0v) is 12.1. The number of methoxy groups -OCH3 is 1. The maximum atomic E-state index is 10.0. The smallest absolute Gasteiger partial charge is 0.123 e. The monoisotopic (exact) mass is 274 g/mol. The number of likely N-dealkylation sites (tertiary alicyclic amines) is 1. The third-order valence-corrected chi connectivity index (χ3v) is 3.54. The van der Waals surface area contributed by atoms with Crippen molar-refractivity contribution in [2.24, 2.45) is 5.73 Å². The number of hydrogen-bond acceptors (Lipinski definition) is 4. The van der Waals surface area contributed by atoms with Gasteiger partial charge in [-0.05, 0) is 31.5 Å². The highest BCUT2D eigenvalue weighted by atomic mass is 16.5. The summed E-state index contributed by atoms with van der Waals surface area (Å²) in [4.78, 5) is 2.23. The topological polar surface area (TPSA) is 58.7 Å². The van der Waals surface area contributed by atoms with Crippen LogP contribution in [0.5, 0.6) is 5.75 Å². The third kappa shape index (κ3) is 3.73. The fourth-order valence-corrected chi connectivity index (χ4v) is 2.55. The van der Waals surface area contributed by atoms with Gasteiger partial charge in [0.2, 0.25) is 0 Å². The van der Waals surface area contributed by atoms with E-state index in [-0.39, 0.29) is 0 Å². The molecule has 1 atom stereocenters. The number of benzene rings is 1. The van der Waals surface area contributed by atoms with E-state index in [4.69, 9.17) is 10.5 Å². The van der Waals surface area contributed by atoms with Gasteiger partial charge in [0, 0.05) is 30.8 Å². The van der Waals surface area contributed by atoms with Gasteiger partial charge in [-0.25, -0.2) is 0 Å². The Hall–Kier alpha value is -1.54. The zero-order valence-electron chi connectivity index (χ0n) is 12.1. The highest BCUT2D eigenvalue weighted by molar-refractivity contribution is 5.44. The fraction of sp³-hybridized carbons (Fsp3) is 0.500. The third-order valence-electron chi connectivity index (χ3n) is 3.54. The summed E-state index contributed by atoms with van der Waals surface area (Å²) in [6, 6.07) is 5.91. The second kappa shape index (κ2) is 6.27. The average Bonchev–Trinajstić information content (AvgIpc) is 2.76. The second-order valence-corrected chi connectivity index (χ2v) is 5.49. The van der Waals surface area contributed by atoms with Gasteiger partial charge in [-0.15, -0.1) is 0 Å². The number of ether oxygens (including phenoxy) is 1. The van der Waals surface area contributed by atoms with Crippen LogP contribution in [0.25, 0.3) is 0 Å². The summed E-state index contributed by atoms with van der Waals surface area (Å²) < 4.78 is 5.41. The molecule has 0 amide bonds. The lowest BCUT2D eigenvalue weighted by atomic mass is 10.1. The number of aliphatic hydroxyl groups is 1. The summed E-state index contributed by atoms with van der Waals surface area (Å²) >= 11 is 0. The first kappa shape index (κ1) is 14.9. The van der Waals surface area contributed by atoms with Gasteiger partial charge in [-0.1, -0.05) is 11.8 Å². The van der Waals surface area contributed by atoms with Crippen molar-refractivity contribution in [2.75, 3.05) is 26.7 Å². The lowest BCUT2D eigenvalue weighted by Crippen LogP contribution is -2.29. The second-order valence-electron chi connectivity index (χ2n) is 5.49. The van der Waals surface area contributed by atoms with Crippen LogP contribution < -0.4 is 10.5 Å². The van der Waals surface area contributed by atoms with Gasteiger partial charge in [0.1, 0.15) is 5.75 Å². The molecule has 0 bridgehead atoms. The molecule has 1 aromatic rings. The molecule has 0 saturated carbocycles. The Morgan fingerprint density at radius 3 is 2.90 bits per heavy atom. The van der Waals surface area contributed by atoms with E-state index < -0.39 is 5.60 Å². The lowest BCUT2D eigenvalue weighted by molar-refractivity contribution is 0.0678. The molecule has 3 N–H and O–H groups in total. The normalized spacial score (nSPS) is 22.4. The summed E-state index contributed by atoms with van der Waals surface area (Å²) in [5.74, 6) is 6.75. The van der Waals surface area contributed by atoms with Gasteiger partial charge in [0.25, 0.3) is 0 Å². The van der Waals surface area contributed by atoms with Crippen LogP contribution in [0.1, 0.15) is 24.5 Å². The summed E-state index contributed by atoms with van der Waals surface area (Å²) in [5.41, 5.74) is 6.85. The largest absolute Gasteiger partial charge is 0.496 e. The SMILES string of the molecule is COc1ccc(C#CCN)cc1CN1CCC(C)(O)C1. The van der Waals surface area contributed by atoms with E-state index in [2.05, 4.69) is 16.7 Å². The van der Waals surface area contributed by atoms with Crippen molar-refractivity contribution in [1.82, 2.24) is 4.90 Å². The standard InChI is InChI=1S/C16H22N2O2/c1-16(19)7-9-18(12-16)11-14-10-13(4-3-8-17)5-6-15(14)20-2/h5-6,10,19H,7-9,11-12,17H2,1-2H3. The molecule has 0 aromatic heterocycles. The van der Waals surface area contributed by atoms with Crippen molar-refractivity contribution < 1.29 is 9.84 Å². The molecule has 20 heavy (non-hydrogen) atoms. The van der Waals surface area contributed by atoms with E-state index in [1.807, 2.05) is 25.1 Å². The maximum absolute atomic E-state index is 10.0.